The van der Waals surface area contributed by atoms with E-state index in [4.69, 9.17) is 4.74 Å². The van der Waals surface area contributed by atoms with Gasteiger partial charge in [-0.2, -0.15) is 0 Å². The molecule has 3 heteroatoms. The van der Waals surface area contributed by atoms with Gasteiger partial charge in [-0.3, -0.25) is 0 Å². The van der Waals surface area contributed by atoms with Crippen LogP contribution in [-0.4, -0.2) is 18.8 Å². The normalized spacial score (nSPS) is 26.1. The molecule has 1 aromatic carbocycles. The van der Waals surface area contributed by atoms with E-state index in [-0.39, 0.29) is 18.0 Å². The van der Waals surface area contributed by atoms with Crippen molar-refractivity contribution in [1.82, 2.24) is 5.32 Å². The largest absolute Gasteiger partial charge is 0.373 e. The molecule has 2 rings (SSSR count). The Bertz CT molecular complexity index is 352. The maximum absolute atomic E-state index is 12.9. The second kappa shape index (κ2) is 5.61. The SMILES string of the molecule is CCNC(c1ccc(F)cc1)C1CCC(C)O1. The summed E-state index contributed by atoms with van der Waals surface area (Å²) < 4.78 is 18.8. The van der Waals surface area contributed by atoms with Gasteiger partial charge in [0.2, 0.25) is 0 Å². The van der Waals surface area contributed by atoms with Crippen molar-refractivity contribution in [3.8, 4) is 0 Å². The zero-order valence-corrected chi connectivity index (χ0v) is 10.4. The Hall–Kier alpha value is -0.930. The van der Waals surface area contributed by atoms with E-state index in [9.17, 15) is 4.39 Å². The Labute approximate surface area is 102 Å². The molecular formula is C14H20FNO. The summed E-state index contributed by atoms with van der Waals surface area (Å²) in [7, 11) is 0. The van der Waals surface area contributed by atoms with Crippen molar-refractivity contribution >= 4 is 0 Å². The van der Waals surface area contributed by atoms with Crippen LogP contribution in [0.1, 0.15) is 38.3 Å². The molecule has 94 valence electrons. The summed E-state index contributed by atoms with van der Waals surface area (Å²) in [6, 6.07) is 6.88. The first kappa shape index (κ1) is 12.5. The van der Waals surface area contributed by atoms with Gasteiger partial charge < -0.3 is 10.1 Å². The van der Waals surface area contributed by atoms with E-state index in [0.717, 1.165) is 24.9 Å². The monoisotopic (exact) mass is 237 g/mol. The Morgan fingerprint density at radius 2 is 2.06 bits per heavy atom. The maximum atomic E-state index is 12.9. The highest BCUT2D eigenvalue weighted by molar-refractivity contribution is 5.21. The van der Waals surface area contributed by atoms with Crippen LogP contribution >= 0.6 is 0 Å². The summed E-state index contributed by atoms with van der Waals surface area (Å²) in [5.74, 6) is -0.190. The zero-order valence-electron chi connectivity index (χ0n) is 10.4. The van der Waals surface area contributed by atoms with Crippen molar-refractivity contribution in [2.24, 2.45) is 0 Å². The standard InChI is InChI=1S/C14H20FNO/c1-3-16-14(13-9-4-10(2)17-13)11-5-7-12(15)8-6-11/h5-8,10,13-14,16H,3-4,9H2,1-2H3. The lowest BCUT2D eigenvalue weighted by molar-refractivity contribution is 0.0319. The molecule has 1 aliphatic rings. The number of nitrogens with one attached hydrogen (secondary N) is 1. The number of likely N-dealkylation sites (N-methyl/N-ethyl adjacent to an activating group) is 1. The first-order chi connectivity index (χ1) is 8.20. The van der Waals surface area contributed by atoms with E-state index in [1.54, 1.807) is 0 Å². The lowest BCUT2D eigenvalue weighted by Gasteiger charge is -2.24. The smallest absolute Gasteiger partial charge is 0.123 e. The van der Waals surface area contributed by atoms with Gasteiger partial charge in [-0.15, -0.1) is 0 Å². The Balaban J connectivity index is 2.13. The molecule has 1 saturated heterocycles. The Morgan fingerprint density at radius 3 is 2.59 bits per heavy atom. The highest BCUT2D eigenvalue weighted by Crippen LogP contribution is 2.30. The third-order valence-electron chi connectivity index (χ3n) is 3.29. The first-order valence-corrected chi connectivity index (χ1v) is 6.35. The third kappa shape index (κ3) is 3.05. The predicted molar refractivity (Wildman–Crippen MR) is 66.4 cm³/mol. The average molecular weight is 237 g/mol. The Kier molecular flexibility index (Phi) is 4.13. The van der Waals surface area contributed by atoms with E-state index in [0.29, 0.717) is 6.10 Å². The van der Waals surface area contributed by atoms with Crippen LogP contribution in [-0.2, 0) is 4.74 Å². The number of ether oxygens (including phenoxy) is 1. The number of hydrogen-bond donors (Lipinski definition) is 1. The molecule has 0 aliphatic carbocycles. The molecular weight excluding hydrogens is 217 g/mol. The molecule has 0 spiro atoms. The van der Waals surface area contributed by atoms with E-state index in [1.807, 2.05) is 12.1 Å². The van der Waals surface area contributed by atoms with E-state index >= 15 is 0 Å². The fourth-order valence-electron chi connectivity index (χ4n) is 2.43. The quantitative estimate of drug-likeness (QED) is 0.869. The molecule has 0 amide bonds. The van der Waals surface area contributed by atoms with Crippen molar-refractivity contribution in [1.29, 1.82) is 0 Å². The molecule has 0 aromatic heterocycles. The van der Waals surface area contributed by atoms with Gasteiger partial charge in [0.15, 0.2) is 0 Å². The minimum Gasteiger partial charge on any atom is -0.373 e. The van der Waals surface area contributed by atoms with Crippen LogP contribution in [0.15, 0.2) is 24.3 Å². The lowest BCUT2D eigenvalue weighted by atomic mass is 9.99. The molecule has 17 heavy (non-hydrogen) atoms. The highest BCUT2D eigenvalue weighted by atomic mass is 19.1. The molecule has 3 unspecified atom stereocenters. The minimum absolute atomic E-state index is 0.172. The third-order valence-corrected chi connectivity index (χ3v) is 3.29. The van der Waals surface area contributed by atoms with Gasteiger partial charge in [0.05, 0.1) is 18.2 Å². The van der Waals surface area contributed by atoms with Crippen LogP contribution in [0.3, 0.4) is 0 Å². The lowest BCUT2D eigenvalue weighted by Crippen LogP contribution is -2.32. The number of halogens is 1. The zero-order chi connectivity index (χ0) is 12.3. The fourth-order valence-corrected chi connectivity index (χ4v) is 2.43. The summed E-state index contributed by atoms with van der Waals surface area (Å²) in [5.41, 5.74) is 1.10. The number of hydrogen-bond acceptors (Lipinski definition) is 2. The number of benzene rings is 1. The summed E-state index contributed by atoms with van der Waals surface area (Å²) in [4.78, 5) is 0. The van der Waals surface area contributed by atoms with Crippen LogP contribution in [0, 0.1) is 5.82 Å². The van der Waals surface area contributed by atoms with Crippen molar-refractivity contribution in [2.45, 2.75) is 44.9 Å². The summed E-state index contributed by atoms with van der Waals surface area (Å²) >= 11 is 0. The summed E-state index contributed by atoms with van der Waals surface area (Å²) in [6.45, 7) is 5.07. The van der Waals surface area contributed by atoms with Gasteiger partial charge in [0.25, 0.3) is 0 Å². The Morgan fingerprint density at radius 1 is 1.35 bits per heavy atom. The van der Waals surface area contributed by atoms with Crippen molar-refractivity contribution in [3.05, 3.63) is 35.6 Å². The van der Waals surface area contributed by atoms with Gasteiger partial charge >= 0.3 is 0 Å². The van der Waals surface area contributed by atoms with Gasteiger partial charge in [-0.1, -0.05) is 19.1 Å². The van der Waals surface area contributed by atoms with Gasteiger partial charge in [-0.25, -0.2) is 4.39 Å². The van der Waals surface area contributed by atoms with Crippen molar-refractivity contribution in [3.63, 3.8) is 0 Å². The maximum Gasteiger partial charge on any atom is 0.123 e. The second-order valence-electron chi connectivity index (χ2n) is 4.65. The molecule has 2 nitrogen and oxygen atoms in total. The van der Waals surface area contributed by atoms with Gasteiger partial charge in [0, 0.05) is 0 Å². The van der Waals surface area contributed by atoms with Crippen LogP contribution in [0.4, 0.5) is 4.39 Å². The average Bonchev–Trinajstić information content (AvgIpc) is 2.74. The molecule has 1 aliphatic heterocycles. The summed E-state index contributed by atoms with van der Waals surface area (Å²) in [6.07, 6.45) is 2.71. The molecule has 3 atom stereocenters. The van der Waals surface area contributed by atoms with Crippen LogP contribution in [0.5, 0.6) is 0 Å². The molecule has 1 heterocycles. The van der Waals surface area contributed by atoms with E-state index in [2.05, 4.69) is 19.2 Å². The second-order valence-corrected chi connectivity index (χ2v) is 4.65. The van der Waals surface area contributed by atoms with E-state index < -0.39 is 0 Å². The van der Waals surface area contributed by atoms with Gasteiger partial charge in [0.1, 0.15) is 5.82 Å². The number of rotatable bonds is 4. The minimum atomic E-state index is -0.190. The van der Waals surface area contributed by atoms with Crippen LogP contribution in [0.25, 0.3) is 0 Å². The molecule has 1 fully saturated rings. The topological polar surface area (TPSA) is 21.3 Å². The van der Waals surface area contributed by atoms with Crippen LogP contribution < -0.4 is 5.32 Å². The van der Waals surface area contributed by atoms with E-state index in [1.165, 1.54) is 12.1 Å². The van der Waals surface area contributed by atoms with Crippen molar-refractivity contribution in [2.75, 3.05) is 6.54 Å². The first-order valence-electron chi connectivity index (χ1n) is 6.35. The van der Waals surface area contributed by atoms with Crippen molar-refractivity contribution < 1.29 is 9.13 Å². The molecule has 0 radical (unpaired) electrons. The predicted octanol–water partition coefficient (Wildman–Crippen LogP) is 3.04. The highest BCUT2D eigenvalue weighted by Gasteiger charge is 2.30. The molecule has 0 bridgehead atoms. The molecule has 1 N–H and O–H groups in total. The molecule has 0 saturated carbocycles. The van der Waals surface area contributed by atoms with Crippen LogP contribution in [0.2, 0.25) is 0 Å². The molecule has 1 aromatic rings. The summed E-state index contributed by atoms with van der Waals surface area (Å²) in [5, 5.41) is 3.43. The fraction of sp³-hybridized carbons (Fsp3) is 0.571. The van der Waals surface area contributed by atoms with Gasteiger partial charge in [-0.05, 0) is 44.0 Å².